The third-order valence-corrected chi connectivity index (χ3v) is 1.68. The minimum absolute atomic E-state index is 0.279. The van der Waals surface area contributed by atoms with Crippen molar-refractivity contribution in [2.75, 3.05) is 6.54 Å². The zero-order valence-corrected chi connectivity index (χ0v) is 7.29. The van der Waals surface area contributed by atoms with E-state index in [1.165, 1.54) is 12.1 Å². The Kier molecular flexibility index (Phi) is 3.30. The quantitative estimate of drug-likeness (QED) is 0.431. The van der Waals surface area contributed by atoms with Crippen LogP contribution in [0.3, 0.4) is 0 Å². The van der Waals surface area contributed by atoms with Gasteiger partial charge in [0.15, 0.2) is 11.9 Å². The molecule has 1 unspecified atom stereocenters. The Hall–Kier alpha value is -1.75. The van der Waals surface area contributed by atoms with Gasteiger partial charge in [-0.25, -0.2) is 0 Å². The van der Waals surface area contributed by atoms with E-state index in [2.05, 4.69) is 0 Å². The molecule has 0 bridgehead atoms. The fourth-order valence-electron chi connectivity index (χ4n) is 1.02. The van der Waals surface area contributed by atoms with Crippen molar-refractivity contribution in [3.8, 4) is 0 Å². The molecule has 1 rings (SSSR count). The molecule has 0 aliphatic rings. The number of aliphatic hydroxyl groups excluding tert-OH is 1. The molecule has 1 aromatic carbocycles. The van der Waals surface area contributed by atoms with Crippen molar-refractivity contribution < 1.29 is 14.8 Å². The number of Topliss-reactive ketones (excluding diaryl/α,β-unsaturated/α-hetero) is 1. The second kappa shape index (κ2) is 4.48. The first-order chi connectivity index (χ1) is 6.61. The third-order valence-electron chi connectivity index (χ3n) is 1.68. The van der Waals surface area contributed by atoms with Crippen molar-refractivity contribution >= 4 is 5.78 Å². The normalized spacial score (nSPS) is 12.1. The highest BCUT2D eigenvalue weighted by Gasteiger charge is 2.21. The fourth-order valence-corrected chi connectivity index (χ4v) is 1.02. The van der Waals surface area contributed by atoms with E-state index in [1.54, 1.807) is 18.2 Å². The molecule has 0 heterocycles. The van der Waals surface area contributed by atoms with Gasteiger partial charge in [0.25, 0.3) is 0 Å². The maximum absolute atomic E-state index is 11.3. The van der Waals surface area contributed by atoms with E-state index >= 15 is 0 Å². The Labute approximate surface area is 80.1 Å². The highest BCUT2D eigenvalue weighted by molar-refractivity contribution is 5.99. The van der Waals surface area contributed by atoms with Gasteiger partial charge < -0.3 is 5.11 Å². The molecule has 5 nitrogen and oxygen atoms in total. The summed E-state index contributed by atoms with van der Waals surface area (Å²) in [6, 6.07) is 7.99. The van der Waals surface area contributed by atoms with Crippen molar-refractivity contribution in [1.82, 2.24) is 0 Å². The molecule has 0 spiro atoms. The lowest BCUT2D eigenvalue weighted by molar-refractivity contribution is -0.487. The molecule has 14 heavy (non-hydrogen) atoms. The van der Waals surface area contributed by atoms with Crippen molar-refractivity contribution in [1.29, 1.82) is 0 Å². The van der Waals surface area contributed by atoms with Crippen LogP contribution in [-0.4, -0.2) is 28.5 Å². The number of hydrogen-bond donors (Lipinski definition) is 1. The Bertz CT molecular complexity index is 336. The van der Waals surface area contributed by atoms with Gasteiger partial charge in [-0.1, -0.05) is 30.3 Å². The molecule has 0 amide bonds. The number of benzene rings is 1. The highest BCUT2D eigenvalue weighted by atomic mass is 16.6. The number of aliphatic hydroxyl groups is 1. The predicted molar refractivity (Wildman–Crippen MR) is 48.6 cm³/mol. The number of nitro groups is 1. The number of carbonyl (C=O) groups is 1. The molecule has 0 radical (unpaired) electrons. The van der Waals surface area contributed by atoms with Crippen molar-refractivity contribution in [2.45, 2.75) is 6.10 Å². The van der Waals surface area contributed by atoms with Crippen LogP contribution >= 0.6 is 0 Å². The maximum atomic E-state index is 11.3. The molecule has 0 saturated heterocycles. The summed E-state index contributed by atoms with van der Waals surface area (Å²) < 4.78 is 0. The van der Waals surface area contributed by atoms with E-state index in [1.807, 2.05) is 0 Å². The van der Waals surface area contributed by atoms with Crippen LogP contribution in [0.2, 0.25) is 0 Å². The van der Waals surface area contributed by atoms with Gasteiger partial charge >= 0.3 is 0 Å². The summed E-state index contributed by atoms with van der Waals surface area (Å²) in [5, 5.41) is 19.2. The minimum atomic E-state index is -1.56. The standard InChI is InChI=1S/C9H9NO4/c11-8(6-10(13)14)9(12)7-4-2-1-3-5-7/h1-5,8,11H,6H2. The first-order valence-corrected chi connectivity index (χ1v) is 4.00. The molecule has 0 aliphatic heterocycles. The van der Waals surface area contributed by atoms with Gasteiger partial charge in [-0.3, -0.25) is 14.9 Å². The van der Waals surface area contributed by atoms with Crippen LogP contribution in [0.5, 0.6) is 0 Å². The van der Waals surface area contributed by atoms with Crippen molar-refractivity contribution in [3.05, 3.63) is 46.0 Å². The number of carbonyl (C=O) groups excluding carboxylic acids is 1. The molecule has 74 valence electrons. The van der Waals surface area contributed by atoms with Crippen molar-refractivity contribution in [2.24, 2.45) is 0 Å². The summed E-state index contributed by atoms with van der Waals surface area (Å²) in [6.45, 7) is -0.756. The van der Waals surface area contributed by atoms with E-state index in [9.17, 15) is 14.9 Å². The van der Waals surface area contributed by atoms with Gasteiger partial charge in [-0.05, 0) is 0 Å². The molecular formula is C9H9NO4. The molecule has 0 aliphatic carbocycles. The zero-order valence-electron chi connectivity index (χ0n) is 7.29. The van der Waals surface area contributed by atoms with Gasteiger partial charge in [0, 0.05) is 10.5 Å². The third kappa shape index (κ3) is 2.63. The maximum Gasteiger partial charge on any atom is 0.236 e. The van der Waals surface area contributed by atoms with Gasteiger partial charge in [-0.15, -0.1) is 0 Å². The summed E-state index contributed by atoms with van der Waals surface area (Å²) in [7, 11) is 0. The van der Waals surface area contributed by atoms with Gasteiger partial charge in [0.2, 0.25) is 6.54 Å². The summed E-state index contributed by atoms with van der Waals surface area (Å²) in [5.74, 6) is -0.623. The lowest BCUT2D eigenvalue weighted by atomic mass is 10.1. The van der Waals surface area contributed by atoms with Crippen LogP contribution in [0.15, 0.2) is 30.3 Å². The summed E-state index contributed by atoms with van der Waals surface area (Å²) in [6.07, 6.45) is -1.56. The van der Waals surface area contributed by atoms with E-state index in [-0.39, 0.29) is 5.56 Å². The Morgan fingerprint density at radius 3 is 2.50 bits per heavy atom. The zero-order chi connectivity index (χ0) is 10.6. The Balaban J connectivity index is 2.71. The van der Waals surface area contributed by atoms with E-state index in [0.717, 1.165) is 0 Å². The first kappa shape index (κ1) is 10.3. The average Bonchev–Trinajstić information content (AvgIpc) is 2.17. The summed E-state index contributed by atoms with van der Waals surface area (Å²) >= 11 is 0. The molecule has 0 fully saturated rings. The van der Waals surface area contributed by atoms with Crippen LogP contribution in [-0.2, 0) is 0 Å². The van der Waals surface area contributed by atoms with Gasteiger partial charge in [0.1, 0.15) is 0 Å². The van der Waals surface area contributed by atoms with Crippen LogP contribution in [0, 0.1) is 10.1 Å². The Morgan fingerprint density at radius 2 is 2.00 bits per heavy atom. The van der Waals surface area contributed by atoms with E-state index in [4.69, 9.17) is 5.11 Å². The summed E-state index contributed by atoms with van der Waals surface area (Å²) in [4.78, 5) is 20.6. The molecule has 5 heteroatoms. The minimum Gasteiger partial charge on any atom is -0.379 e. The molecule has 1 N–H and O–H groups in total. The number of ketones is 1. The predicted octanol–water partition coefficient (Wildman–Crippen LogP) is 0.507. The second-order valence-electron chi connectivity index (χ2n) is 2.76. The van der Waals surface area contributed by atoms with Crippen LogP contribution in [0.25, 0.3) is 0 Å². The van der Waals surface area contributed by atoms with Crippen LogP contribution < -0.4 is 0 Å². The van der Waals surface area contributed by atoms with Crippen molar-refractivity contribution in [3.63, 3.8) is 0 Å². The number of rotatable bonds is 4. The van der Waals surface area contributed by atoms with Crippen LogP contribution in [0.4, 0.5) is 0 Å². The van der Waals surface area contributed by atoms with Gasteiger partial charge in [0.05, 0.1) is 0 Å². The number of hydrogen-bond acceptors (Lipinski definition) is 4. The van der Waals surface area contributed by atoms with Gasteiger partial charge in [-0.2, -0.15) is 0 Å². The highest BCUT2D eigenvalue weighted by Crippen LogP contribution is 2.03. The van der Waals surface area contributed by atoms with E-state index in [0.29, 0.717) is 0 Å². The van der Waals surface area contributed by atoms with Crippen LogP contribution in [0.1, 0.15) is 10.4 Å². The Morgan fingerprint density at radius 1 is 1.43 bits per heavy atom. The SMILES string of the molecule is O=C(c1ccccc1)C(O)C[N+](=O)[O-]. The molecule has 1 aromatic rings. The smallest absolute Gasteiger partial charge is 0.236 e. The first-order valence-electron chi connectivity index (χ1n) is 4.00. The molecule has 0 saturated carbocycles. The monoisotopic (exact) mass is 195 g/mol. The average molecular weight is 195 g/mol. The fraction of sp³-hybridized carbons (Fsp3) is 0.222. The number of nitrogens with zero attached hydrogens (tertiary/aromatic N) is 1. The molecule has 0 aromatic heterocycles. The lowest BCUT2D eigenvalue weighted by Crippen LogP contribution is -2.28. The topological polar surface area (TPSA) is 80.4 Å². The molecular weight excluding hydrogens is 186 g/mol. The van der Waals surface area contributed by atoms with E-state index < -0.39 is 23.4 Å². The lowest BCUT2D eigenvalue weighted by Gasteiger charge is -2.04. The molecule has 1 atom stereocenters. The largest absolute Gasteiger partial charge is 0.379 e. The second-order valence-corrected chi connectivity index (χ2v) is 2.76. The summed E-state index contributed by atoms with van der Waals surface area (Å²) in [5.41, 5.74) is 0.279.